The standard InChI is InChI=1S/C15H23BrN2S/c1-10(2)13-8-18(9-15-12(16)5-6-19-15)14(7-17-13)11-3-4-11/h5-6,10-11,13-14,17H,3-4,7-9H2,1-2H3. The summed E-state index contributed by atoms with van der Waals surface area (Å²) in [7, 11) is 0. The van der Waals surface area contributed by atoms with Crippen molar-refractivity contribution in [1.29, 1.82) is 0 Å². The molecular formula is C15H23BrN2S. The van der Waals surface area contributed by atoms with Gasteiger partial charge in [0.2, 0.25) is 0 Å². The Kier molecular flexibility index (Phi) is 4.32. The molecule has 0 spiro atoms. The van der Waals surface area contributed by atoms with Gasteiger partial charge in [0.1, 0.15) is 0 Å². The molecule has 2 aliphatic rings. The molecule has 0 amide bonds. The van der Waals surface area contributed by atoms with Gasteiger partial charge in [-0.2, -0.15) is 0 Å². The van der Waals surface area contributed by atoms with Gasteiger partial charge in [0, 0.05) is 41.1 Å². The van der Waals surface area contributed by atoms with Gasteiger partial charge in [-0.05, 0) is 52.1 Å². The Morgan fingerprint density at radius 2 is 2.26 bits per heavy atom. The SMILES string of the molecule is CC(C)C1CN(Cc2sccc2Br)C(C2CC2)CN1. The average molecular weight is 343 g/mol. The summed E-state index contributed by atoms with van der Waals surface area (Å²) in [5, 5.41) is 5.95. The lowest BCUT2D eigenvalue weighted by Crippen LogP contribution is -2.58. The zero-order chi connectivity index (χ0) is 13.4. The minimum atomic E-state index is 0.647. The highest BCUT2D eigenvalue weighted by molar-refractivity contribution is 9.10. The molecule has 0 bridgehead atoms. The van der Waals surface area contributed by atoms with E-state index in [0.717, 1.165) is 24.4 Å². The molecule has 1 saturated heterocycles. The molecule has 4 heteroatoms. The van der Waals surface area contributed by atoms with Crippen LogP contribution in [0, 0.1) is 11.8 Å². The van der Waals surface area contributed by atoms with Crippen molar-refractivity contribution in [2.24, 2.45) is 11.8 Å². The first-order valence-corrected chi connectivity index (χ1v) is 9.01. The molecule has 2 nitrogen and oxygen atoms in total. The van der Waals surface area contributed by atoms with E-state index in [0.29, 0.717) is 6.04 Å². The van der Waals surface area contributed by atoms with E-state index in [9.17, 15) is 0 Å². The highest BCUT2D eigenvalue weighted by atomic mass is 79.9. The molecule has 1 aliphatic carbocycles. The number of piperazine rings is 1. The van der Waals surface area contributed by atoms with Crippen molar-refractivity contribution in [3.8, 4) is 0 Å². The molecule has 1 saturated carbocycles. The molecule has 0 aromatic carbocycles. The van der Waals surface area contributed by atoms with E-state index in [1.807, 2.05) is 11.3 Å². The lowest BCUT2D eigenvalue weighted by Gasteiger charge is -2.42. The Morgan fingerprint density at radius 3 is 2.84 bits per heavy atom. The van der Waals surface area contributed by atoms with E-state index >= 15 is 0 Å². The van der Waals surface area contributed by atoms with Crippen molar-refractivity contribution in [1.82, 2.24) is 10.2 Å². The van der Waals surface area contributed by atoms with Crippen LogP contribution in [0.25, 0.3) is 0 Å². The fraction of sp³-hybridized carbons (Fsp3) is 0.733. The number of nitrogens with one attached hydrogen (secondary N) is 1. The highest BCUT2D eigenvalue weighted by Gasteiger charge is 2.39. The topological polar surface area (TPSA) is 15.3 Å². The number of hydrogen-bond donors (Lipinski definition) is 1. The van der Waals surface area contributed by atoms with Crippen LogP contribution in [0.4, 0.5) is 0 Å². The summed E-state index contributed by atoms with van der Waals surface area (Å²) in [6.07, 6.45) is 2.86. The number of thiophene rings is 1. The van der Waals surface area contributed by atoms with Gasteiger partial charge >= 0.3 is 0 Å². The normalized spacial score (nSPS) is 29.1. The van der Waals surface area contributed by atoms with Crippen LogP contribution in [-0.2, 0) is 6.54 Å². The van der Waals surface area contributed by atoms with E-state index < -0.39 is 0 Å². The van der Waals surface area contributed by atoms with Crippen molar-refractivity contribution >= 4 is 27.3 Å². The third-order valence-electron chi connectivity index (χ3n) is 4.50. The molecular weight excluding hydrogens is 320 g/mol. The van der Waals surface area contributed by atoms with Crippen LogP contribution in [0.1, 0.15) is 31.6 Å². The van der Waals surface area contributed by atoms with Crippen molar-refractivity contribution in [3.63, 3.8) is 0 Å². The van der Waals surface area contributed by atoms with E-state index in [1.165, 1.54) is 35.3 Å². The summed E-state index contributed by atoms with van der Waals surface area (Å²) < 4.78 is 1.28. The summed E-state index contributed by atoms with van der Waals surface area (Å²) in [6, 6.07) is 3.58. The number of rotatable bonds is 4. The fourth-order valence-electron chi connectivity index (χ4n) is 3.05. The molecule has 2 atom stereocenters. The molecule has 3 rings (SSSR count). The maximum atomic E-state index is 3.76. The molecule has 2 unspecified atom stereocenters. The van der Waals surface area contributed by atoms with Crippen LogP contribution in [0.15, 0.2) is 15.9 Å². The molecule has 1 aliphatic heterocycles. The van der Waals surface area contributed by atoms with E-state index in [4.69, 9.17) is 0 Å². The predicted molar refractivity (Wildman–Crippen MR) is 85.6 cm³/mol. The van der Waals surface area contributed by atoms with Crippen LogP contribution in [-0.4, -0.2) is 30.1 Å². The van der Waals surface area contributed by atoms with E-state index in [-0.39, 0.29) is 0 Å². The van der Waals surface area contributed by atoms with Gasteiger partial charge in [-0.3, -0.25) is 4.90 Å². The van der Waals surface area contributed by atoms with Gasteiger partial charge in [0.15, 0.2) is 0 Å². The lowest BCUT2D eigenvalue weighted by molar-refractivity contribution is 0.0935. The minimum Gasteiger partial charge on any atom is -0.311 e. The first-order valence-electron chi connectivity index (χ1n) is 7.34. The molecule has 1 N–H and O–H groups in total. The number of nitrogens with zero attached hydrogens (tertiary/aromatic N) is 1. The molecule has 0 radical (unpaired) electrons. The Morgan fingerprint density at radius 1 is 1.47 bits per heavy atom. The van der Waals surface area contributed by atoms with E-state index in [2.05, 4.69) is 51.4 Å². The second-order valence-electron chi connectivity index (χ2n) is 6.28. The molecule has 19 heavy (non-hydrogen) atoms. The second-order valence-corrected chi connectivity index (χ2v) is 8.14. The summed E-state index contributed by atoms with van der Waals surface area (Å²) in [5.74, 6) is 1.66. The summed E-state index contributed by atoms with van der Waals surface area (Å²) in [5.41, 5.74) is 0. The second kappa shape index (κ2) is 5.84. The third kappa shape index (κ3) is 3.23. The van der Waals surface area contributed by atoms with Crippen molar-refractivity contribution < 1.29 is 0 Å². The van der Waals surface area contributed by atoms with Gasteiger partial charge in [0.05, 0.1) is 0 Å². The van der Waals surface area contributed by atoms with Crippen LogP contribution in [0.3, 0.4) is 0 Å². The zero-order valence-corrected chi connectivity index (χ0v) is 14.1. The third-order valence-corrected chi connectivity index (χ3v) is 6.41. The Hall–Kier alpha value is 0.1000. The van der Waals surface area contributed by atoms with Gasteiger partial charge in [-0.15, -0.1) is 11.3 Å². The van der Waals surface area contributed by atoms with Gasteiger partial charge in [-0.25, -0.2) is 0 Å². The molecule has 1 aromatic rings. The summed E-state index contributed by atoms with van der Waals surface area (Å²) in [6.45, 7) is 8.15. The largest absolute Gasteiger partial charge is 0.311 e. The van der Waals surface area contributed by atoms with Crippen molar-refractivity contribution in [3.05, 3.63) is 20.8 Å². The summed E-state index contributed by atoms with van der Waals surface area (Å²) in [4.78, 5) is 4.21. The van der Waals surface area contributed by atoms with Crippen LogP contribution >= 0.6 is 27.3 Å². The average Bonchev–Trinajstić information content (AvgIpc) is 3.15. The highest BCUT2D eigenvalue weighted by Crippen LogP contribution is 2.38. The zero-order valence-electron chi connectivity index (χ0n) is 11.7. The minimum absolute atomic E-state index is 0.647. The van der Waals surface area contributed by atoms with Crippen molar-refractivity contribution in [2.75, 3.05) is 13.1 Å². The quantitative estimate of drug-likeness (QED) is 0.896. The molecule has 106 valence electrons. The van der Waals surface area contributed by atoms with Crippen molar-refractivity contribution in [2.45, 2.75) is 45.3 Å². The van der Waals surface area contributed by atoms with Crippen LogP contribution in [0.2, 0.25) is 0 Å². The van der Waals surface area contributed by atoms with E-state index in [1.54, 1.807) is 0 Å². The maximum Gasteiger partial charge on any atom is 0.0343 e. The number of halogens is 1. The van der Waals surface area contributed by atoms with Gasteiger partial charge in [0.25, 0.3) is 0 Å². The van der Waals surface area contributed by atoms with Gasteiger partial charge in [-0.1, -0.05) is 13.8 Å². The monoisotopic (exact) mass is 342 g/mol. The first kappa shape index (κ1) is 14.1. The molecule has 2 heterocycles. The Bertz CT molecular complexity index is 428. The van der Waals surface area contributed by atoms with Crippen LogP contribution in [0.5, 0.6) is 0 Å². The lowest BCUT2D eigenvalue weighted by atomic mass is 9.97. The maximum absolute atomic E-state index is 3.76. The first-order chi connectivity index (χ1) is 9.15. The van der Waals surface area contributed by atoms with Gasteiger partial charge < -0.3 is 5.32 Å². The molecule has 1 aromatic heterocycles. The Labute approximate surface area is 128 Å². The fourth-order valence-corrected chi connectivity index (χ4v) is 4.55. The smallest absolute Gasteiger partial charge is 0.0343 e. The van der Waals surface area contributed by atoms with Crippen LogP contribution < -0.4 is 5.32 Å². The number of hydrogen-bond acceptors (Lipinski definition) is 3. The Balaban J connectivity index is 1.71. The summed E-state index contributed by atoms with van der Waals surface area (Å²) >= 11 is 5.56. The molecule has 2 fully saturated rings. The predicted octanol–water partition coefficient (Wildman–Crippen LogP) is 3.72.